The van der Waals surface area contributed by atoms with E-state index in [4.69, 9.17) is 0 Å². The Hall–Kier alpha value is 0.189. The first kappa shape index (κ1) is 8.29. The van der Waals surface area contributed by atoms with Gasteiger partial charge in [-0.3, -0.25) is 0 Å². The van der Waals surface area contributed by atoms with Crippen LogP contribution in [0.4, 0.5) is 4.39 Å². The third-order valence-electron chi connectivity index (χ3n) is 1.23. The molecule has 0 nitrogen and oxygen atoms in total. The van der Waals surface area contributed by atoms with Crippen molar-refractivity contribution in [3.63, 3.8) is 0 Å². The topological polar surface area (TPSA) is 0 Å². The Morgan fingerprint density at radius 1 is 1.50 bits per heavy atom. The van der Waals surface area contributed by atoms with Crippen LogP contribution in [-0.4, -0.2) is 27.3 Å². The van der Waals surface area contributed by atoms with Gasteiger partial charge < -0.3 is 0 Å². The third kappa shape index (κ3) is 1.83. The summed E-state index contributed by atoms with van der Waals surface area (Å²) < 4.78 is 13.8. The van der Waals surface area contributed by atoms with Crippen LogP contribution in [0.2, 0.25) is 0 Å². The summed E-state index contributed by atoms with van der Waals surface area (Å²) in [6.45, 7) is 1.78. The molecule has 0 unspecified atom stereocenters. The first-order valence-corrected chi connectivity index (χ1v) is 7.99. The predicted octanol–water partition coefficient (Wildman–Crippen LogP) is 0.547. The first-order chi connectivity index (χ1) is 4.74. The monoisotopic (exact) mass is 269 g/mol. The van der Waals surface area contributed by atoms with E-state index in [0.29, 0.717) is 13.1 Å². The minimum absolute atomic E-state index is 0.118. The molecule has 0 saturated heterocycles. The van der Waals surface area contributed by atoms with Crippen LogP contribution in [-0.2, 0) is 0 Å². The van der Waals surface area contributed by atoms with Gasteiger partial charge in [-0.25, -0.2) is 0 Å². The molecule has 0 aromatic heterocycles. The molecule has 0 amide bonds. The van der Waals surface area contributed by atoms with Gasteiger partial charge in [0.2, 0.25) is 0 Å². The van der Waals surface area contributed by atoms with E-state index >= 15 is 0 Å². The van der Waals surface area contributed by atoms with Gasteiger partial charge in [-0.2, -0.15) is 0 Å². The molecule has 0 heterocycles. The van der Waals surface area contributed by atoms with E-state index in [1.807, 2.05) is 12.1 Å². The van der Waals surface area contributed by atoms with E-state index in [9.17, 15) is 4.39 Å². The molecule has 0 aliphatic heterocycles. The second-order valence-electron chi connectivity index (χ2n) is 1.99. The Labute approximate surface area is 72.7 Å². The van der Waals surface area contributed by atoms with E-state index in [2.05, 4.69) is 14.2 Å². The summed E-state index contributed by atoms with van der Waals surface area (Å²) in [5.41, 5.74) is 0.731. The standard InChI is InChI=1S/C7H6FSe2/c1-5-4-6(10-9)2-3-7(5)8/h2-4H,1H3. The molecule has 10 heavy (non-hydrogen) atoms. The number of aryl methyl sites for hydroxylation is 1. The summed E-state index contributed by atoms with van der Waals surface area (Å²) >= 11 is 3.31. The molecule has 3 heteroatoms. The summed E-state index contributed by atoms with van der Waals surface area (Å²) in [7, 11) is 0. The maximum atomic E-state index is 12.6. The van der Waals surface area contributed by atoms with Crippen LogP contribution in [0.25, 0.3) is 0 Å². The van der Waals surface area contributed by atoms with Crippen molar-refractivity contribution in [1.29, 1.82) is 0 Å². The number of benzene rings is 1. The number of rotatable bonds is 1. The zero-order valence-electron chi connectivity index (χ0n) is 5.43. The summed E-state index contributed by atoms with van der Waals surface area (Å²) in [6, 6.07) is 5.22. The van der Waals surface area contributed by atoms with Crippen LogP contribution in [0.15, 0.2) is 18.2 Å². The van der Waals surface area contributed by atoms with Gasteiger partial charge in [-0.1, -0.05) is 0 Å². The number of halogens is 1. The van der Waals surface area contributed by atoms with Crippen molar-refractivity contribution in [3.05, 3.63) is 29.6 Å². The van der Waals surface area contributed by atoms with Crippen molar-refractivity contribution in [3.8, 4) is 0 Å². The zero-order chi connectivity index (χ0) is 7.56. The van der Waals surface area contributed by atoms with Crippen LogP contribution in [0, 0.1) is 12.7 Å². The van der Waals surface area contributed by atoms with Gasteiger partial charge in [0.05, 0.1) is 0 Å². The third-order valence-corrected chi connectivity index (χ3v) is 4.26. The summed E-state index contributed by atoms with van der Waals surface area (Å²) in [4.78, 5) is 0. The van der Waals surface area contributed by atoms with Crippen molar-refractivity contribution in [1.82, 2.24) is 0 Å². The van der Waals surface area contributed by atoms with Crippen molar-refractivity contribution >= 4 is 31.8 Å². The first-order valence-electron chi connectivity index (χ1n) is 2.80. The summed E-state index contributed by atoms with van der Waals surface area (Å²) in [5.74, 6) is -0.118. The predicted molar refractivity (Wildman–Crippen MR) is 42.3 cm³/mol. The molecule has 0 aliphatic rings. The molecule has 1 radical (unpaired) electrons. The molecule has 0 saturated carbocycles. The zero-order valence-corrected chi connectivity index (χ0v) is 8.85. The molecule has 1 aromatic carbocycles. The normalized spacial score (nSPS) is 9.90. The van der Waals surface area contributed by atoms with Crippen molar-refractivity contribution in [2.75, 3.05) is 0 Å². The van der Waals surface area contributed by atoms with Gasteiger partial charge in [0.25, 0.3) is 0 Å². The van der Waals surface area contributed by atoms with E-state index in [0.717, 1.165) is 5.56 Å². The quantitative estimate of drug-likeness (QED) is 0.652. The van der Waals surface area contributed by atoms with Gasteiger partial charge in [0, 0.05) is 0 Å². The summed E-state index contributed by atoms with van der Waals surface area (Å²) in [6.07, 6.45) is 0. The number of hydrogen-bond acceptors (Lipinski definition) is 0. The van der Waals surface area contributed by atoms with Crippen LogP contribution < -0.4 is 4.46 Å². The van der Waals surface area contributed by atoms with Crippen molar-refractivity contribution in [2.24, 2.45) is 0 Å². The van der Waals surface area contributed by atoms with Gasteiger partial charge in [-0.05, 0) is 0 Å². The molecular weight excluding hydrogens is 261 g/mol. The van der Waals surface area contributed by atoms with E-state index < -0.39 is 0 Å². The molecular formula is C7H6FSe2. The second kappa shape index (κ2) is 3.54. The van der Waals surface area contributed by atoms with Crippen LogP contribution >= 0.6 is 0 Å². The molecule has 1 aromatic rings. The Morgan fingerprint density at radius 3 is 2.70 bits per heavy atom. The molecule has 53 valence electrons. The maximum absolute atomic E-state index is 12.6. The molecule has 1 rings (SSSR count). The average molecular weight is 267 g/mol. The van der Waals surface area contributed by atoms with Crippen LogP contribution in [0.1, 0.15) is 5.56 Å². The van der Waals surface area contributed by atoms with Gasteiger partial charge in [0.1, 0.15) is 0 Å². The Morgan fingerprint density at radius 2 is 2.20 bits per heavy atom. The fourth-order valence-electron chi connectivity index (χ4n) is 0.669. The molecule has 0 atom stereocenters. The summed E-state index contributed by atoms with van der Waals surface area (Å²) in [5, 5.41) is 0. The van der Waals surface area contributed by atoms with E-state index in [1.165, 1.54) is 10.5 Å². The molecule has 0 aliphatic carbocycles. The average Bonchev–Trinajstić information content (AvgIpc) is 1.95. The SMILES string of the molecule is Cc1cc([Se][Se])ccc1F. The Kier molecular flexibility index (Phi) is 2.94. The number of hydrogen-bond donors (Lipinski definition) is 0. The van der Waals surface area contributed by atoms with Crippen LogP contribution in [0.5, 0.6) is 0 Å². The van der Waals surface area contributed by atoms with Gasteiger partial charge in [-0.15, -0.1) is 0 Å². The molecule has 0 bridgehead atoms. The Bertz CT molecular complexity index is 235. The van der Waals surface area contributed by atoms with E-state index in [1.54, 1.807) is 6.92 Å². The molecule has 0 N–H and O–H groups in total. The Balaban J connectivity index is 3.04. The van der Waals surface area contributed by atoms with E-state index in [-0.39, 0.29) is 5.82 Å². The van der Waals surface area contributed by atoms with Gasteiger partial charge >= 0.3 is 72.7 Å². The van der Waals surface area contributed by atoms with Crippen molar-refractivity contribution < 1.29 is 4.39 Å². The molecule has 0 fully saturated rings. The minimum atomic E-state index is -0.118. The fraction of sp³-hybridized carbons (Fsp3) is 0.143. The van der Waals surface area contributed by atoms with Crippen LogP contribution in [0.3, 0.4) is 0 Å². The second-order valence-corrected chi connectivity index (χ2v) is 5.15. The van der Waals surface area contributed by atoms with Gasteiger partial charge in [0.15, 0.2) is 0 Å². The molecule has 0 spiro atoms. The van der Waals surface area contributed by atoms with Crippen molar-refractivity contribution in [2.45, 2.75) is 6.92 Å². The fourth-order valence-corrected chi connectivity index (χ4v) is 2.53.